The largest absolute Gasteiger partial charge is 0.477 e. The van der Waals surface area contributed by atoms with Crippen LogP contribution in [0.1, 0.15) is 9.67 Å². The minimum Gasteiger partial charge on any atom is -0.477 e. The van der Waals surface area contributed by atoms with Gasteiger partial charge in [-0.2, -0.15) is 0 Å². The third-order valence-electron chi connectivity index (χ3n) is 1.90. The molecule has 2 rings (SSSR count). The molecule has 0 aliphatic rings. The van der Waals surface area contributed by atoms with Crippen molar-refractivity contribution in [2.45, 2.75) is 0 Å². The van der Waals surface area contributed by atoms with Crippen LogP contribution in [0.5, 0.6) is 0 Å². The van der Waals surface area contributed by atoms with Crippen LogP contribution in [0.15, 0.2) is 18.2 Å². The van der Waals surface area contributed by atoms with E-state index in [1.54, 1.807) is 6.07 Å². The molecule has 0 aliphatic carbocycles. The lowest BCUT2D eigenvalue weighted by Gasteiger charge is -1.91. The van der Waals surface area contributed by atoms with Crippen molar-refractivity contribution < 1.29 is 14.3 Å². The molecule has 0 spiro atoms. The number of halogens is 1. The SMILES string of the molecule is Nc1c(C(=O)O)sc2c(F)cccc12. The number of carbonyl (C=O) groups is 1. The Morgan fingerprint density at radius 3 is 2.79 bits per heavy atom. The molecular weight excluding hydrogens is 205 g/mol. The lowest BCUT2D eigenvalue weighted by molar-refractivity contribution is 0.0703. The van der Waals surface area contributed by atoms with E-state index in [1.807, 2.05) is 0 Å². The summed E-state index contributed by atoms with van der Waals surface area (Å²) in [6.45, 7) is 0. The van der Waals surface area contributed by atoms with E-state index in [2.05, 4.69) is 0 Å². The van der Waals surface area contributed by atoms with Gasteiger partial charge in [0.15, 0.2) is 0 Å². The van der Waals surface area contributed by atoms with Crippen molar-refractivity contribution in [2.24, 2.45) is 0 Å². The van der Waals surface area contributed by atoms with Gasteiger partial charge in [-0.15, -0.1) is 11.3 Å². The number of benzene rings is 1. The molecule has 0 fully saturated rings. The first kappa shape index (κ1) is 8.96. The standard InChI is InChI=1S/C9H6FNO2S/c10-5-3-1-2-4-6(11)8(9(12)13)14-7(4)5/h1-3H,11H2,(H,12,13). The Hall–Kier alpha value is -1.62. The maximum absolute atomic E-state index is 13.2. The van der Waals surface area contributed by atoms with Crippen LogP contribution in [0.3, 0.4) is 0 Å². The number of fused-ring (bicyclic) bond motifs is 1. The van der Waals surface area contributed by atoms with Gasteiger partial charge in [0.25, 0.3) is 0 Å². The molecule has 0 saturated heterocycles. The number of thiophene rings is 1. The molecule has 1 heterocycles. The van der Waals surface area contributed by atoms with Crippen molar-refractivity contribution in [1.82, 2.24) is 0 Å². The van der Waals surface area contributed by atoms with Gasteiger partial charge in [0.2, 0.25) is 0 Å². The van der Waals surface area contributed by atoms with E-state index in [0.29, 0.717) is 10.1 Å². The molecule has 0 saturated carbocycles. The highest BCUT2D eigenvalue weighted by Gasteiger charge is 2.16. The smallest absolute Gasteiger partial charge is 0.348 e. The Morgan fingerprint density at radius 1 is 1.50 bits per heavy atom. The summed E-state index contributed by atoms with van der Waals surface area (Å²) in [6.07, 6.45) is 0. The second-order valence-electron chi connectivity index (χ2n) is 2.77. The summed E-state index contributed by atoms with van der Waals surface area (Å²) in [5.74, 6) is -1.56. The maximum atomic E-state index is 13.2. The van der Waals surface area contributed by atoms with E-state index >= 15 is 0 Å². The molecule has 72 valence electrons. The average molecular weight is 211 g/mol. The Kier molecular flexibility index (Phi) is 1.89. The van der Waals surface area contributed by atoms with Gasteiger partial charge in [-0.1, -0.05) is 12.1 Å². The van der Waals surface area contributed by atoms with E-state index in [4.69, 9.17) is 10.8 Å². The molecule has 0 unspecified atom stereocenters. The van der Waals surface area contributed by atoms with Gasteiger partial charge >= 0.3 is 5.97 Å². The van der Waals surface area contributed by atoms with Crippen LogP contribution in [0, 0.1) is 5.82 Å². The second kappa shape index (κ2) is 2.95. The Labute approximate surface area is 82.6 Å². The predicted octanol–water partition coefficient (Wildman–Crippen LogP) is 2.32. The molecule has 1 aromatic heterocycles. The van der Waals surface area contributed by atoms with Crippen LogP contribution in [-0.4, -0.2) is 11.1 Å². The van der Waals surface area contributed by atoms with Gasteiger partial charge in [-0.3, -0.25) is 0 Å². The number of nitrogens with two attached hydrogens (primary N) is 1. The van der Waals surface area contributed by atoms with Gasteiger partial charge in [-0.05, 0) is 6.07 Å². The van der Waals surface area contributed by atoms with E-state index in [1.165, 1.54) is 12.1 Å². The number of rotatable bonds is 1. The van der Waals surface area contributed by atoms with Crippen LogP contribution in [0.4, 0.5) is 10.1 Å². The summed E-state index contributed by atoms with van der Waals surface area (Å²) >= 11 is 0.859. The fourth-order valence-corrected chi connectivity index (χ4v) is 2.23. The molecule has 0 atom stereocenters. The van der Waals surface area contributed by atoms with Crippen molar-refractivity contribution in [1.29, 1.82) is 0 Å². The quantitative estimate of drug-likeness (QED) is 0.760. The molecule has 0 radical (unpaired) electrons. The molecule has 0 aliphatic heterocycles. The predicted molar refractivity (Wildman–Crippen MR) is 53.2 cm³/mol. The van der Waals surface area contributed by atoms with Crippen molar-refractivity contribution in [3.05, 3.63) is 28.9 Å². The van der Waals surface area contributed by atoms with E-state index < -0.39 is 11.8 Å². The summed E-state index contributed by atoms with van der Waals surface area (Å²) in [6, 6.07) is 4.40. The highest BCUT2D eigenvalue weighted by atomic mass is 32.1. The fraction of sp³-hybridized carbons (Fsp3) is 0. The first-order valence-corrected chi connectivity index (χ1v) is 4.62. The maximum Gasteiger partial charge on any atom is 0.348 e. The third-order valence-corrected chi connectivity index (χ3v) is 3.12. The average Bonchev–Trinajstić information content (AvgIpc) is 2.46. The number of nitrogen functional groups attached to an aromatic ring is 1. The lowest BCUT2D eigenvalue weighted by atomic mass is 10.2. The second-order valence-corrected chi connectivity index (χ2v) is 3.79. The van der Waals surface area contributed by atoms with E-state index in [-0.39, 0.29) is 10.6 Å². The number of anilines is 1. The van der Waals surface area contributed by atoms with Crippen molar-refractivity contribution in [2.75, 3.05) is 5.73 Å². The molecule has 14 heavy (non-hydrogen) atoms. The van der Waals surface area contributed by atoms with E-state index in [0.717, 1.165) is 11.3 Å². The van der Waals surface area contributed by atoms with Crippen molar-refractivity contribution >= 4 is 33.1 Å². The van der Waals surface area contributed by atoms with Gasteiger partial charge < -0.3 is 10.8 Å². The first-order chi connectivity index (χ1) is 6.61. The highest BCUT2D eigenvalue weighted by molar-refractivity contribution is 7.21. The summed E-state index contributed by atoms with van der Waals surface area (Å²) in [5, 5.41) is 9.23. The van der Waals surface area contributed by atoms with E-state index in [9.17, 15) is 9.18 Å². The lowest BCUT2D eigenvalue weighted by Crippen LogP contribution is -1.96. The van der Waals surface area contributed by atoms with Gasteiger partial charge in [-0.25, -0.2) is 9.18 Å². The molecule has 0 amide bonds. The zero-order valence-electron chi connectivity index (χ0n) is 6.95. The van der Waals surface area contributed by atoms with Crippen LogP contribution in [0.2, 0.25) is 0 Å². The van der Waals surface area contributed by atoms with Crippen molar-refractivity contribution in [3.8, 4) is 0 Å². The zero-order chi connectivity index (χ0) is 10.3. The fourth-order valence-electron chi connectivity index (χ4n) is 1.26. The van der Waals surface area contributed by atoms with Crippen LogP contribution in [-0.2, 0) is 0 Å². The minimum atomic E-state index is -1.12. The highest BCUT2D eigenvalue weighted by Crippen LogP contribution is 2.34. The first-order valence-electron chi connectivity index (χ1n) is 3.81. The normalized spacial score (nSPS) is 10.6. The monoisotopic (exact) mass is 211 g/mol. The summed E-state index contributed by atoms with van der Waals surface area (Å²) in [5.41, 5.74) is 5.71. The molecule has 1 aromatic carbocycles. The van der Waals surface area contributed by atoms with Crippen LogP contribution >= 0.6 is 11.3 Å². The van der Waals surface area contributed by atoms with Gasteiger partial charge in [0.05, 0.1) is 10.4 Å². The summed E-state index contributed by atoms with van der Waals surface area (Å²) < 4.78 is 13.5. The molecular formula is C9H6FNO2S. The molecule has 0 bridgehead atoms. The van der Waals surface area contributed by atoms with Gasteiger partial charge in [0.1, 0.15) is 10.7 Å². The Morgan fingerprint density at radius 2 is 2.21 bits per heavy atom. The number of aromatic carboxylic acids is 1. The topological polar surface area (TPSA) is 63.3 Å². The zero-order valence-corrected chi connectivity index (χ0v) is 7.77. The third kappa shape index (κ3) is 1.13. The number of hydrogen-bond acceptors (Lipinski definition) is 3. The van der Waals surface area contributed by atoms with Crippen LogP contribution < -0.4 is 5.73 Å². The molecule has 5 heteroatoms. The number of carboxylic acid groups (broad SMARTS) is 1. The summed E-state index contributed by atoms with van der Waals surface area (Å²) in [4.78, 5) is 10.7. The molecule has 3 N–H and O–H groups in total. The Bertz CT molecular complexity index is 521. The van der Waals surface area contributed by atoms with Crippen LogP contribution in [0.25, 0.3) is 10.1 Å². The minimum absolute atomic E-state index is 0.00917. The number of carboxylic acids is 1. The Balaban J connectivity index is 2.86. The molecule has 3 nitrogen and oxygen atoms in total. The number of hydrogen-bond donors (Lipinski definition) is 2. The van der Waals surface area contributed by atoms with Gasteiger partial charge in [0, 0.05) is 5.39 Å². The molecule has 2 aromatic rings. The van der Waals surface area contributed by atoms with Crippen molar-refractivity contribution in [3.63, 3.8) is 0 Å². The summed E-state index contributed by atoms with van der Waals surface area (Å²) in [7, 11) is 0.